The largest absolute Gasteiger partial charge is 0.480 e. The van der Waals surface area contributed by atoms with Gasteiger partial charge in [-0.3, -0.25) is 10.2 Å². The zero-order valence-electron chi connectivity index (χ0n) is 14.4. The van der Waals surface area contributed by atoms with Gasteiger partial charge in [0.1, 0.15) is 12.1 Å². The van der Waals surface area contributed by atoms with E-state index >= 15 is 0 Å². The third-order valence-corrected chi connectivity index (χ3v) is 4.77. The highest BCUT2D eigenvalue weighted by molar-refractivity contribution is 5.88. The lowest BCUT2D eigenvalue weighted by Crippen LogP contribution is -2.50. The second-order valence-electron chi connectivity index (χ2n) is 6.89. The summed E-state index contributed by atoms with van der Waals surface area (Å²) < 4.78 is 0. The van der Waals surface area contributed by atoms with Gasteiger partial charge in [-0.25, -0.2) is 10.2 Å². The van der Waals surface area contributed by atoms with Gasteiger partial charge in [-0.15, -0.1) is 0 Å². The predicted molar refractivity (Wildman–Crippen MR) is 94.9 cm³/mol. The van der Waals surface area contributed by atoms with E-state index < -0.39 is 18.1 Å². The molecule has 3 unspecified atom stereocenters. The number of H-pyrrole nitrogens is 1. The second kappa shape index (κ2) is 7.25. The summed E-state index contributed by atoms with van der Waals surface area (Å²) in [7, 11) is 0. The highest BCUT2D eigenvalue weighted by Gasteiger charge is 2.33. The molecule has 1 aliphatic heterocycles. The van der Waals surface area contributed by atoms with E-state index in [2.05, 4.69) is 35.0 Å². The molecule has 25 heavy (non-hydrogen) atoms. The van der Waals surface area contributed by atoms with Gasteiger partial charge in [0.05, 0.1) is 0 Å². The standard InChI is InChI=1S/C18H24N4O3/c1-10(2)14-8-15(22-21-14)17(23)20-16(18(24)25)7-11-9-19-13-6-4-3-5-12(11)13/h3-6,9-10,14-16,19,21-22H,7-8H2,1-2H3,(H,20,23)(H,24,25). The monoisotopic (exact) mass is 344 g/mol. The van der Waals surface area contributed by atoms with Crippen LogP contribution in [0.25, 0.3) is 10.9 Å². The maximum atomic E-state index is 12.4. The van der Waals surface area contributed by atoms with Crippen molar-refractivity contribution in [3.05, 3.63) is 36.0 Å². The third kappa shape index (κ3) is 3.83. The number of carboxylic acid groups (broad SMARTS) is 1. The smallest absolute Gasteiger partial charge is 0.326 e. The van der Waals surface area contributed by atoms with Crippen LogP contribution in [0, 0.1) is 5.92 Å². The molecule has 0 bridgehead atoms. The summed E-state index contributed by atoms with van der Waals surface area (Å²) in [5.41, 5.74) is 7.88. The first-order valence-corrected chi connectivity index (χ1v) is 8.55. The molecule has 0 radical (unpaired) electrons. The molecule has 1 saturated heterocycles. The molecule has 1 aromatic heterocycles. The summed E-state index contributed by atoms with van der Waals surface area (Å²) in [6.45, 7) is 4.16. The van der Waals surface area contributed by atoms with Crippen LogP contribution >= 0.6 is 0 Å². The van der Waals surface area contributed by atoms with Crippen molar-refractivity contribution in [1.29, 1.82) is 0 Å². The van der Waals surface area contributed by atoms with E-state index in [1.807, 2.05) is 24.3 Å². The summed E-state index contributed by atoms with van der Waals surface area (Å²) in [4.78, 5) is 27.2. The van der Waals surface area contributed by atoms with Crippen molar-refractivity contribution < 1.29 is 14.7 Å². The summed E-state index contributed by atoms with van der Waals surface area (Å²) in [5, 5.41) is 13.2. The molecule has 1 aromatic carbocycles. The molecule has 0 saturated carbocycles. The lowest BCUT2D eigenvalue weighted by atomic mass is 9.99. The first-order valence-electron chi connectivity index (χ1n) is 8.55. The molecule has 3 rings (SSSR count). The molecule has 0 aliphatic carbocycles. The fourth-order valence-corrected chi connectivity index (χ4v) is 3.18. The number of nitrogens with one attached hydrogen (secondary N) is 4. The van der Waals surface area contributed by atoms with Crippen LogP contribution in [0.5, 0.6) is 0 Å². The second-order valence-corrected chi connectivity index (χ2v) is 6.89. The molecule has 134 valence electrons. The number of rotatable bonds is 6. The Balaban J connectivity index is 1.68. The van der Waals surface area contributed by atoms with Gasteiger partial charge in [0.15, 0.2) is 0 Å². The minimum Gasteiger partial charge on any atom is -0.480 e. The summed E-state index contributed by atoms with van der Waals surface area (Å²) in [5.74, 6) is -0.931. The Kier molecular flexibility index (Phi) is 5.06. The highest BCUT2D eigenvalue weighted by Crippen LogP contribution is 2.19. The Hall–Kier alpha value is -2.38. The number of hydrazine groups is 1. The number of hydrogen-bond donors (Lipinski definition) is 5. The van der Waals surface area contributed by atoms with E-state index in [4.69, 9.17) is 0 Å². The van der Waals surface area contributed by atoms with Crippen LogP contribution < -0.4 is 16.2 Å². The average molecular weight is 344 g/mol. The van der Waals surface area contributed by atoms with E-state index in [1.54, 1.807) is 6.20 Å². The van der Waals surface area contributed by atoms with Gasteiger partial charge in [0.25, 0.3) is 0 Å². The Morgan fingerprint density at radius 1 is 1.28 bits per heavy atom. The number of carbonyl (C=O) groups excluding carboxylic acids is 1. The number of aromatic nitrogens is 1. The van der Waals surface area contributed by atoms with Gasteiger partial charge in [-0.1, -0.05) is 32.0 Å². The van der Waals surface area contributed by atoms with Crippen molar-refractivity contribution in [3.63, 3.8) is 0 Å². The molecule has 7 nitrogen and oxygen atoms in total. The SMILES string of the molecule is CC(C)C1CC(C(=O)NC(Cc2c[nH]c3ccccc23)C(=O)O)NN1. The number of aromatic amines is 1. The number of amides is 1. The van der Waals surface area contributed by atoms with Crippen molar-refractivity contribution >= 4 is 22.8 Å². The van der Waals surface area contributed by atoms with Crippen molar-refractivity contribution in [3.8, 4) is 0 Å². The first kappa shape index (κ1) is 17.4. The number of fused-ring (bicyclic) bond motifs is 1. The van der Waals surface area contributed by atoms with Gasteiger partial charge in [0.2, 0.25) is 5.91 Å². The topological polar surface area (TPSA) is 106 Å². The Morgan fingerprint density at radius 3 is 2.72 bits per heavy atom. The summed E-state index contributed by atoms with van der Waals surface area (Å²) in [6, 6.07) is 6.53. The fourth-order valence-electron chi connectivity index (χ4n) is 3.18. The molecule has 1 amide bonds. The van der Waals surface area contributed by atoms with Gasteiger partial charge >= 0.3 is 5.97 Å². The van der Waals surface area contributed by atoms with Gasteiger partial charge < -0.3 is 15.4 Å². The maximum absolute atomic E-state index is 12.4. The molecule has 5 N–H and O–H groups in total. The lowest BCUT2D eigenvalue weighted by Gasteiger charge is -2.17. The molecular formula is C18H24N4O3. The number of hydrogen-bond acceptors (Lipinski definition) is 4. The quantitative estimate of drug-likeness (QED) is 0.541. The molecule has 1 aliphatic rings. The van der Waals surface area contributed by atoms with Crippen LogP contribution in [-0.4, -0.2) is 40.1 Å². The Morgan fingerprint density at radius 2 is 2.04 bits per heavy atom. The molecular weight excluding hydrogens is 320 g/mol. The molecule has 7 heteroatoms. The van der Waals surface area contributed by atoms with Crippen molar-refractivity contribution in [2.75, 3.05) is 0 Å². The van der Waals surface area contributed by atoms with E-state index in [0.717, 1.165) is 16.5 Å². The van der Waals surface area contributed by atoms with Crippen LogP contribution in [0.15, 0.2) is 30.5 Å². The average Bonchev–Trinajstić information content (AvgIpc) is 3.21. The number of carboxylic acids is 1. The molecule has 1 fully saturated rings. The maximum Gasteiger partial charge on any atom is 0.326 e. The van der Waals surface area contributed by atoms with Crippen LogP contribution in [0.2, 0.25) is 0 Å². The summed E-state index contributed by atoms with van der Waals surface area (Å²) >= 11 is 0. The minimum absolute atomic E-state index is 0.202. The summed E-state index contributed by atoms with van der Waals surface area (Å²) in [6.07, 6.45) is 2.68. The van der Waals surface area contributed by atoms with Crippen molar-refractivity contribution in [1.82, 2.24) is 21.2 Å². The fraction of sp³-hybridized carbons (Fsp3) is 0.444. The van der Waals surface area contributed by atoms with Crippen LogP contribution in [0.1, 0.15) is 25.8 Å². The van der Waals surface area contributed by atoms with Gasteiger partial charge in [-0.05, 0) is 24.0 Å². The number of carbonyl (C=O) groups is 2. The molecule has 2 heterocycles. The molecule has 0 spiro atoms. The van der Waals surface area contributed by atoms with Crippen LogP contribution in [-0.2, 0) is 16.0 Å². The van der Waals surface area contributed by atoms with E-state index in [1.165, 1.54) is 0 Å². The van der Waals surface area contributed by atoms with Crippen molar-refractivity contribution in [2.45, 2.75) is 44.8 Å². The minimum atomic E-state index is -1.04. The van der Waals surface area contributed by atoms with Crippen LogP contribution in [0.4, 0.5) is 0 Å². The van der Waals surface area contributed by atoms with Crippen LogP contribution in [0.3, 0.4) is 0 Å². The lowest BCUT2D eigenvalue weighted by molar-refractivity contribution is -0.142. The van der Waals surface area contributed by atoms with Gasteiger partial charge in [-0.2, -0.15) is 0 Å². The number of para-hydroxylation sites is 1. The Labute approximate surface area is 146 Å². The first-order chi connectivity index (χ1) is 12.0. The van der Waals surface area contributed by atoms with Gasteiger partial charge in [0, 0.05) is 29.6 Å². The highest BCUT2D eigenvalue weighted by atomic mass is 16.4. The Bertz CT molecular complexity index is 771. The van der Waals surface area contributed by atoms with E-state index in [0.29, 0.717) is 12.3 Å². The van der Waals surface area contributed by atoms with E-state index in [-0.39, 0.29) is 18.4 Å². The van der Waals surface area contributed by atoms with Crippen molar-refractivity contribution in [2.24, 2.45) is 5.92 Å². The predicted octanol–water partition coefficient (Wildman–Crippen LogP) is 1.17. The van der Waals surface area contributed by atoms with E-state index in [9.17, 15) is 14.7 Å². The normalized spacial score (nSPS) is 21.6. The third-order valence-electron chi connectivity index (χ3n) is 4.77. The number of benzene rings is 1. The molecule has 2 aromatic rings. The zero-order chi connectivity index (χ0) is 18.0. The molecule has 3 atom stereocenters. The number of aliphatic carboxylic acids is 1. The zero-order valence-corrected chi connectivity index (χ0v) is 14.4.